The van der Waals surface area contributed by atoms with Crippen molar-refractivity contribution in [3.05, 3.63) is 66.5 Å². The highest BCUT2D eigenvalue weighted by atomic mass is 16.5. The van der Waals surface area contributed by atoms with Crippen molar-refractivity contribution in [3.63, 3.8) is 0 Å². The molecule has 0 saturated heterocycles. The molecular weight excluding hydrogens is 340 g/mol. The summed E-state index contributed by atoms with van der Waals surface area (Å²) >= 11 is 0. The van der Waals surface area contributed by atoms with Crippen LogP contribution in [0.4, 0.5) is 0 Å². The number of carbonyl (C=O) groups is 1. The Bertz CT molecular complexity index is 945. The zero-order chi connectivity index (χ0) is 18.8. The Balaban J connectivity index is 1.51. The van der Waals surface area contributed by atoms with Crippen molar-refractivity contribution in [2.75, 3.05) is 7.11 Å². The molecule has 27 heavy (non-hydrogen) atoms. The maximum atomic E-state index is 12.8. The van der Waals surface area contributed by atoms with Crippen LogP contribution in [0.25, 0.3) is 11.1 Å². The number of nitrogens with zero attached hydrogens (tertiary/aromatic N) is 3. The van der Waals surface area contributed by atoms with Crippen LogP contribution in [0.2, 0.25) is 0 Å². The number of aryl methyl sites for hydroxylation is 1. The van der Waals surface area contributed by atoms with Crippen LogP contribution < -0.4 is 10.1 Å². The molecule has 1 amide bonds. The molecule has 6 nitrogen and oxygen atoms in total. The summed E-state index contributed by atoms with van der Waals surface area (Å²) in [6.07, 6.45) is 9.38. The van der Waals surface area contributed by atoms with E-state index < -0.39 is 0 Å². The Morgan fingerprint density at radius 1 is 1.22 bits per heavy atom. The normalized spacial score (nSPS) is 14.6. The molecule has 1 fully saturated rings. The average Bonchev–Trinajstić information content (AvgIpc) is 3.47. The fourth-order valence-corrected chi connectivity index (χ4v) is 3.23. The van der Waals surface area contributed by atoms with Gasteiger partial charge in [-0.2, -0.15) is 0 Å². The minimum Gasteiger partial charge on any atom is -0.495 e. The summed E-state index contributed by atoms with van der Waals surface area (Å²) in [4.78, 5) is 21.4. The summed E-state index contributed by atoms with van der Waals surface area (Å²) in [5, 5.41) is 3.16. The number of aromatic nitrogens is 3. The maximum absolute atomic E-state index is 12.8. The van der Waals surface area contributed by atoms with E-state index in [4.69, 9.17) is 4.74 Å². The van der Waals surface area contributed by atoms with E-state index in [-0.39, 0.29) is 11.9 Å². The number of pyridine rings is 1. The molecule has 1 N–H and O–H groups in total. The molecule has 4 rings (SSSR count). The van der Waals surface area contributed by atoms with Gasteiger partial charge in [0.1, 0.15) is 11.6 Å². The van der Waals surface area contributed by atoms with Crippen LogP contribution in [-0.2, 0) is 7.05 Å². The second kappa shape index (κ2) is 7.23. The van der Waals surface area contributed by atoms with E-state index in [1.165, 1.54) is 0 Å². The summed E-state index contributed by atoms with van der Waals surface area (Å²) in [6, 6.07) is 9.42. The van der Waals surface area contributed by atoms with Crippen LogP contribution in [0, 0.1) is 5.92 Å². The van der Waals surface area contributed by atoms with Crippen LogP contribution >= 0.6 is 0 Å². The fraction of sp³-hybridized carbons (Fsp3) is 0.286. The van der Waals surface area contributed by atoms with Crippen molar-refractivity contribution in [3.8, 4) is 16.9 Å². The minimum atomic E-state index is -0.0785. The number of amides is 1. The van der Waals surface area contributed by atoms with Crippen molar-refractivity contribution < 1.29 is 9.53 Å². The number of rotatable bonds is 6. The molecule has 1 aliphatic rings. The first kappa shape index (κ1) is 17.3. The number of benzene rings is 1. The van der Waals surface area contributed by atoms with E-state index in [0.717, 1.165) is 29.8 Å². The van der Waals surface area contributed by atoms with E-state index in [9.17, 15) is 4.79 Å². The van der Waals surface area contributed by atoms with Gasteiger partial charge in [0.15, 0.2) is 0 Å². The van der Waals surface area contributed by atoms with E-state index in [1.54, 1.807) is 25.7 Å². The van der Waals surface area contributed by atoms with E-state index in [2.05, 4.69) is 15.3 Å². The lowest BCUT2D eigenvalue weighted by Gasteiger charge is -2.18. The van der Waals surface area contributed by atoms with Crippen molar-refractivity contribution in [2.24, 2.45) is 13.0 Å². The number of methoxy groups -OCH3 is 1. The molecule has 0 bridgehead atoms. The molecule has 1 saturated carbocycles. The topological polar surface area (TPSA) is 69.0 Å². The van der Waals surface area contributed by atoms with Gasteiger partial charge in [-0.1, -0.05) is 12.1 Å². The highest BCUT2D eigenvalue weighted by Gasteiger charge is 2.35. The minimum absolute atomic E-state index is 0.0419. The Kier molecular flexibility index (Phi) is 4.62. The van der Waals surface area contributed by atoms with Gasteiger partial charge in [-0.3, -0.25) is 9.78 Å². The van der Waals surface area contributed by atoms with Crippen LogP contribution in [0.1, 0.15) is 35.1 Å². The van der Waals surface area contributed by atoms with Crippen LogP contribution in [0.15, 0.2) is 55.1 Å². The Hall–Kier alpha value is -3.15. The molecule has 6 heteroatoms. The van der Waals surface area contributed by atoms with Crippen molar-refractivity contribution in [2.45, 2.75) is 18.9 Å². The van der Waals surface area contributed by atoms with E-state index in [0.29, 0.717) is 17.2 Å². The molecule has 1 atom stereocenters. The maximum Gasteiger partial charge on any atom is 0.251 e. The zero-order valence-corrected chi connectivity index (χ0v) is 15.4. The monoisotopic (exact) mass is 362 g/mol. The quantitative estimate of drug-likeness (QED) is 0.730. The summed E-state index contributed by atoms with van der Waals surface area (Å²) in [5.74, 6) is 2.00. The Labute approximate surface area is 158 Å². The number of carbonyl (C=O) groups excluding carboxylic acids is 1. The number of ether oxygens (including phenoxy) is 1. The van der Waals surface area contributed by atoms with Gasteiger partial charge in [0.25, 0.3) is 5.91 Å². The van der Waals surface area contributed by atoms with E-state index >= 15 is 0 Å². The molecule has 0 aliphatic heterocycles. The molecule has 138 valence electrons. The second-order valence-electron chi connectivity index (χ2n) is 6.88. The van der Waals surface area contributed by atoms with Crippen molar-refractivity contribution in [1.82, 2.24) is 19.9 Å². The molecule has 2 aromatic heterocycles. The van der Waals surface area contributed by atoms with Gasteiger partial charge in [-0.05, 0) is 42.5 Å². The predicted molar refractivity (Wildman–Crippen MR) is 102 cm³/mol. The fourth-order valence-electron chi connectivity index (χ4n) is 3.23. The van der Waals surface area contributed by atoms with Gasteiger partial charge in [0.2, 0.25) is 0 Å². The standard InChI is InChI=1S/C21H22N4O2/c1-25-10-9-23-20(25)19(15-5-6-15)24-21(26)16-7-3-14(4-8-16)17-11-18(27-2)13-22-12-17/h3-4,7-13,15,19H,5-6H2,1-2H3,(H,24,26)/t19-/m1/s1. The molecular formula is C21H22N4O2. The van der Waals surface area contributed by atoms with E-state index in [1.807, 2.05) is 48.1 Å². The average molecular weight is 362 g/mol. The first-order chi connectivity index (χ1) is 13.2. The molecule has 2 heterocycles. The molecule has 1 aromatic carbocycles. The third-order valence-electron chi connectivity index (χ3n) is 4.95. The number of hydrogen-bond donors (Lipinski definition) is 1. The van der Waals surface area contributed by atoms with Crippen LogP contribution in [0.5, 0.6) is 5.75 Å². The van der Waals surface area contributed by atoms with Gasteiger partial charge in [-0.15, -0.1) is 0 Å². The lowest BCUT2D eigenvalue weighted by Crippen LogP contribution is -2.31. The molecule has 1 aliphatic carbocycles. The third-order valence-corrected chi connectivity index (χ3v) is 4.95. The number of hydrogen-bond acceptors (Lipinski definition) is 4. The smallest absolute Gasteiger partial charge is 0.251 e. The lowest BCUT2D eigenvalue weighted by atomic mass is 10.0. The van der Waals surface area contributed by atoms with Crippen LogP contribution in [-0.4, -0.2) is 27.6 Å². The third kappa shape index (κ3) is 3.69. The first-order valence-electron chi connectivity index (χ1n) is 9.03. The zero-order valence-electron chi connectivity index (χ0n) is 15.4. The SMILES string of the molecule is COc1cncc(-c2ccc(C(=O)N[C@@H](c3nccn3C)C3CC3)cc2)c1. The van der Waals surface area contributed by atoms with Gasteiger partial charge < -0.3 is 14.6 Å². The summed E-state index contributed by atoms with van der Waals surface area (Å²) < 4.78 is 7.20. The molecule has 3 aromatic rings. The largest absolute Gasteiger partial charge is 0.495 e. The highest BCUT2D eigenvalue weighted by Crippen LogP contribution is 2.40. The van der Waals surface area contributed by atoms with Gasteiger partial charge >= 0.3 is 0 Å². The van der Waals surface area contributed by atoms with Crippen LogP contribution in [0.3, 0.4) is 0 Å². The molecule has 0 unspecified atom stereocenters. The summed E-state index contributed by atoms with van der Waals surface area (Å²) in [6.45, 7) is 0. The Morgan fingerprint density at radius 3 is 2.63 bits per heavy atom. The van der Waals surface area contributed by atoms with Gasteiger partial charge in [0.05, 0.1) is 19.3 Å². The molecule has 0 spiro atoms. The van der Waals surface area contributed by atoms with Crippen molar-refractivity contribution >= 4 is 5.91 Å². The van der Waals surface area contributed by atoms with Gasteiger partial charge in [-0.25, -0.2) is 4.98 Å². The number of nitrogens with one attached hydrogen (secondary N) is 1. The first-order valence-corrected chi connectivity index (χ1v) is 9.03. The van der Waals surface area contributed by atoms with Crippen molar-refractivity contribution in [1.29, 1.82) is 0 Å². The van der Waals surface area contributed by atoms with Gasteiger partial charge in [0, 0.05) is 36.8 Å². The highest BCUT2D eigenvalue weighted by molar-refractivity contribution is 5.95. The lowest BCUT2D eigenvalue weighted by molar-refractivity contribution is 0.0929. The second-order valence-corrected chi connectivity index (χ2v) is 6.88. The number of imidazole rings is 1. The summed E-state index contributed by atoms with van der Waals surface area (Å²) in [7, 11) is 3.58. The summed E-state index contributed by atoms with van der Waals surface area (Å²) in [5.41, 5.74) is 2.57. The predicted octanol–water partition coefficient (Wildman–Crippen LogP) is 3.37. The Morgan fingerprint density at radius 2 is 2.00 bits per heavy atom. The molecule has 0 radical (unpaired) electrons.